The summed E-state index contributed by atoms with van der Waals surface area (Å²) in [5.74, 6) is 4.81. The number of oxazole rings is 1. The fourth-order valence-corrected chi connectivity index (χ4v) is 3.78. The molecule has 1 saturated carbocycles. The van der Waals surface area contributed by atoms with Crippen LogP contribution in [-0.2, 0) is 6.54 Å². The molecule has 8 heteroatoms. The molecule has 8 nitrogen and oxygen atoms in total. The molecule has 3 aromatic rings. The van der Waals surface area contributed by atoms with Crippen molar-refractivity contribution in [1.29, 1.82) is 0 Å². The van der Waals surface area contributed by atoms with Gasteiger partial charge in [0.05, 0.1) is 12.7 Å². The summed E-state index contributed by atoms with van der Waals surface area (Å²) in [5, 5.41) is 13.4. The number of aromatic nitrogens is 5. The van der Waals surface area contributed by atoms with Crippen molar-refractivity contribution in [2.24, 2.45) is 0 Å². The van der Waals surface area contributed by atoms with E-state index in [9.17, 15) is 0 Å². The van der Waals surface area contributed by atoms with Crippen LogP contribution in [0.1, 0.15) is 55.0 Å². The van der Waals surface area contributed by atoms with Gasteiger partial charge in [0.25, 0.3) is 0 Å². The standard InChI is InChI=1S/C19H25N7O/c1-24(2)17-6-5-16-21-22-19(26(16)23-17)14-7-9-25(10-8-14)12-18-20-11-15(27-18)13-3-4-13/h5-6,11,13-14H,3-4,7-10,12H2,1-2H3. The molecule has 0 unspecified atom stereocenters. The van der Waals surface area contributed by atoms with Gasteiger partial charge in [0.2, 0.25) is 5.89 Å². The molecule has 1 saturated heterocycles. The zero-order valence-electron chi connectivity index (χ0n) is 15.9. The molecule has 0 amide bonds. The molecule has 0 N–H and O–H groups in total. The maximum absolute atomic E-state index is 5.91. The molecule has 0 spiro atoms. The maximum atomic E-state index is 5.91. The van der Waals surface area contributed by atoms with Crippen LogP contribution in [0.2, 0.25) is 0 Å². The Morgan fingerprint density at radius 1 is 1.07 bits per heavy atom. The minimum absolute atomic E-state index is 0.382. The lowest BCUT2D eigenvalue weighted by atomic mass is 9.96. The summed E-state index contributed by atoms with van der Waals surface area (Å²) < 4.78 is 7.82. The van der Waals surface area contributed by atoms with Crippen molar-refractivity contribution in [3.8, 4) is 0 Å². The Labute approximate surface area is 158 Å². The van der Waals surface area contributed by atoms with E-state index in [4.69, 9.17) is 9.52 Å². The van der Waals surface area contributed by atoms with Gasteiger partial charge in [0.1, 0.15) is 11.6 Å². The number of piperidine rings is 1. The third-order valence-electron chi connectivity index (χ3n) is 5.59. The van der Waals surface area contributed by atoms with Gasteiger partial charge in [-0.3, -0.25) is 4.90 Å². The molecule has 0 radical (unpaired) electrons. The predicted octanol–water partition coefficient (Wildman–Crippen LogP) is 2.44. The van der Waals surface area contributed by atoms with E-state index in [1.807, 2.05) is 41.8 Å². The van der Waals surface area contributed by atoms with Gasteiger partial charge in [0, 0.05) is 25.9 Å². The quantitative estimate of drug-likeness (QED) is 0.685. The zero-order chi connectivity index (χ0) is 18.4. The topological polar surface area (TPSA) is 75.6 Å². The van der Waals surface area contributed by atoms with Crippen LogP contribution in [0.5, 0.6) is 0 Å². The highest BCUT2D eigenvalue weighted by molar-refractivity contribution is 5.45. The van der Waals surface area contributed by atoms with Crippen LogP contribution in [0.3, 0.4) is 0 Å². The van der Waals surface area contributed by atoms with Crippen LogP contribution < -0.4 is 4.90 Å². The third-order valence-corrected chi connectivity index (χ3v) is 5.59. The SMILES string of the molecule is CN(C)c1ccc2nnc(C3CCN(Cc4ncc(C5CC5)o4)CC3)n2n1. The van der Waals surface area contributed by atoms with Crippen molar-refractivity contribution in [2.45, 2.75) is 44.1 Å². The Kier molecular flexibility index (Phi) is 4.07. The smallest absolute Gasteiger partial charge is 0.208 e. The maximum Gasteiger partial charge on any atom is 0.208 e. The Hall–Kier alpha value is -2.48. The highest BCUT2D eigenvalue weighted by Gasteiger charge is 2.29. The first-order chi connectivity index (χ1) is 13.2. The second-order valence-electron chi connectivity index (χ2n) is 7.90. The fraction of sp³-hybridized carbons (Fsp3) is 0.579. The molecular weight excluding hydrogens is 342 g/mol. The van der Waals surface area contributed by atoms with Crippen molar-refractivity contribution >= 4 is 11.5 Å². The molecular formula is C19H25N7O. The third kappa shape index (κ3) is 3.29. The van der Waals surface area contributed by atoms with Crippen LogP contribution in [0.4, 0.5) is 5.82 Å². The molecule has 27 heavy (non-hydrogen) atoms. The molecule has 1 aliphatic heterocycles. The first-order valence-corrected chi connectivity index (χ1v) is 9.74. The lowest BCUT2D eigenvalue weighted by Crippen LogP contribution is -2.33. The van der Waals surface area contributed by atoms with Gasteiger partial charge in [-0.05, 0) is 50.9 Å². The summed E-state index contributed by atoms with van der Waals surface area (Å²) in [6.45, 7) is 2.81. The molecule has 142 valence electrons. The number of anilines is 1. The summed E-state index contributed by atoms with van der Waals surface area (Å²) in [6, 6.07) is 3.96. The molecule has 2 fully saturated rings. The van der Waals surface area contributed by atoms with Gasteiger partial charge < -0.3 is 9.32 Å². The molecule has 2 aliphatic rings. The molecule has 3 aromatic heterocycles. The summed E-state index contributed by atoms with van der Waals surface area (Å²) in [7, 11) is 3.99. The van der Waals surface area contributed by atoms with Gasteiger partial charge in [-0.2, -0.15) is 4.52 Å². The molecule has 0 atom stereocenters. The van der Waals surface area contributed by atoms with Crippen molar-refractivity contribution in [2.75, 3.05) is 32.1 Å². The van der Waals surface area contributed by atoms with E-state index in [0.717, 1.165) is 61.4 Å². The monoisotopic (exact) mass is 367 g/mol. The number of nitrogens with zero attached hydrogens (tertiary/aromatic N) is 7. The summed E-state index contributed by atoms with van der Waals surface area (Å²) >= 11 is 0. The molecule has 0 aromatic carbocycles. The fourth-order valence-electron chi connectivity index (χ4n) is 3.78. The van der Waals surface area contributed by atoms with Crippen molar-refractivity contribution in [3.63, 3.8) is 0 Å². The largest absolute Gasteiger partial charge is 0.444 e. The van der Waals surface area contributed by atoms with Gasteiger partial charge in [-0.25, -0.2) is 4.98 Å². The second-order valence-corrected chi connectivity index (χ2v) is 7.90. The van der Waals surface area contributed by atoms with Crippen LogP contribution in [-0.4, -0.2) is 56.9 Å². The van der Waals surface area contributed by atoms with E-state index in [1.54, 1.807) is 0 Å². The Bertz CT molecular complexity index is 935. The second kappa shape index (κ2) is 6.60. The average molecular weight is 367 g/mol. The van der Waals surface area contributed by atoms with E-state index in [1.165, 1.54) is 12.8 Å². The average Bonchev–Trinajstić information content (AvgIpc) is 3.28. The Morgan fingerprint density at radius 3 is 2.63 bits per heavy atom. The summed E-state index contributed by atoms with van der Waals surface area (Å²) in [6.07, 6.45) is 6.50. The summed E-state index contributed by atoms with van der Waals surface area (Å²) in [4.78, 5) is 8.87. The molecule has 5 rings (SSSR count). The van der Waals surface area contributed by atoms with Crippen LogP contribution in [0.25, 0.3) is 5.65 Å². The zero-order valence-corrected chi connectivity index (χ0v) is 15.9. The van der Waals surface area contributed by atoms with E-state index < -0.39 is 0 Å². The van der Waals surface area contributed by atoms with Gasteiger partial charge in [-0.1, -0.05) is 0 Å². The van der Waals surface area contributed by atoms with E-state index in [0.29, 0.717) is 11.8 Å². The minimum atomic E-state index is 0.382. The Morgan fingerprint density at radius 2 is 1.89 bits per heavy atom. The lowest BCUT2D eigenvalue weighted by molar-refractivity contribution is 0.183. The number of likely N-dealkylation sites (tertiary alicyclic amines) is 1. The van der Waals surface area contributed by atoms with Gasteiger partial charge in [0.15, 0.2) is 11.5 Å². The highest BCUT2D eigenvalue weighted by atomic mass is 16.4. The normalized spacial score (nSPS) is 19.0. The van der Waals surface area contributed by atoms with E-state index in [2.05, 4.69) is 20.1 Å². The van der Waals surface area contributed by atoms with Crippen molar-refractivity contribution in [3.05, 3.63) is 35.8 Å². The van der Waals surface area contributed by atoms with Gasteiger partial charge >= 0.3 is 0 Å². The van der Waals surface area contributed by atoms with Crippen LogP contribution >= 0.6 is 0 Å². The molecule has 4 heterocycles. The number of rotatable bonds is 5. The first-order valence-electron chi connectivity index (χ1n) is 9.74. The van der Waals surface area contributed by atoms with Gasteiger partial charge in [-0.15, -0.1) is 15.3 Å². The number of fused-ring (bicyclic) bond motifs is 1. The van der Waals surface area contributed by atoms with E-state index in [-0.39, 0.29) is 0 Å². The lowest BCUT2D eigenvalue weighted by Gasteiger charge is -2.30. The highest BCUT2D eigenvalue weighted by Crippen LogP contribution is 2.40. The van der Waals surface area contributed by atoms with Crippen LogP contribution in [0, 0.1) is 0 Å². The molecule has 0 bridgehead atoms. The first kappa shape index (κ1) is 16.7. The van der Waals surface area contributed by atoms with E-state index >= 15 is 0 Å². The Balaban J connectivity index is 1.25. The molecule has 1 aliphatic carbocycles. The number of hydrogen-bond acceptors (Lipinski definition) is 7. The number of hydrogen-bond donors (Lipinski definition) is 0. The minimum Gasteiger partial charge on any atom is -0.444 e. The van der Waals surface area contributed by atoms with Crippen molar-refractivity contribution in [1.82, 2.24) is 29.7 Å². The summed E-state index contributed by atoms with van der Waals surface area (Å²) in [5.41, 5.74) is 0.811. The van der Waals surface area contributed by atoms with Crippen molar-refractivity contribution < 1.29 is 4.42 Å². The predicted molar refractivity (Wildman–Crippen MR) is 101 cm³/mol. The van der Waals surface area contributed by atoms with Crippen LogP contribution in [0.15, 0.2) is 22.7 Å².